The van der Waals surface area contributed by atoms with E-state index in [0.29, 0.717) is 18.1 Å². The topological polar surface area (TPSA) is 114 Å². The molecule has 4 heterocycles. The van der Waals surface area contributed by atoms with E-state index in [1.165, 1.54) is 0 Å². The summed E-state index contributed by atoms with van der Waals surface area (Å²) in [6.07, 6.45) is 6.08. The Morgan fingerprint density at radius 1 is 0.593 bits per heavy atom. The number of rotatable bonds is 3. The minimum Gasteiger partial charge on any atom is -0.356 e. The van der Waals surface area contributed by atoms with Crippen molar-refractivity contribution in [2.75, 3.05) is 54.0 Å². The van der Waals surface area contributed by atoms with Gasteiger partial charge in [-0.3, -0.25) is 0 Å². The smallest absolute Gasteiger partial charge is 0.229 e. The zero-order valence-corrected chi connectivity index (χ0v) is 16.3. The van der Waals surface area contributed by atoms with Crippen LogP contribution in [0.4, 0.5) is 17.6 Å². The van der Waals surface area contributed by atoms with Gasteiger partial charge in [0.15, 0.2) is 0 Å². The Morgan fingerprint density at radius 3 is 1.30 bits per heavy atom. The van der Waals surface area contributed by atoms with Crippen LogP contribution in [0.5, 0.6) is 0 Å². The summed E-state index contributed by atoms with van der Waals surface area (Å²) in [5, 5.41) is 0. The van der Waals surface area contributed by atoms with Crippen molar-refractivity contribution in [2.24, 2.45) is 17.2 Å². The maximum atomic E-state index is 6.10. The third-order valence-electron chi connectivity index (χ3n) is 6.24. The molecule has 1 aromatic heterocycles. The molecule has 27 heavy (non-hydrogen) atoms. The fraction of sp³-hybridized carbons (Fsp3) is 0.789. The molecule has 0 bridgehead atoms. The van der Waals surface area contributed by atoms with Gasteiger partial charge < -0.3 is 31.9 Å². The Hall–Kier alpha value is -1.64. The van der Waals surface area contributed by atoms with Gasteiger partial charge in [0.1, 0.15) is 11.6 Å². The fourth-order valence-electron chi connectivity index (χ4n) is 4.23. The quantitative estimate of drug-likeness (QED) is 0.690. The molecule has 1 aromatic rings. The molecule has 3 saturated heterocycles. The highest BCUT2D eigenvalue weighted by molar-refractivity contribution is 5.56. The Morgan fingerprint density at radius 2 is 0.926 bits per heavy atom. The summed E-state index contributed by atoms with van der Waals surface area (Å²) in [5.74, 6) is 2.91. The van der Waals surface area contributed by atoms with Gasteiger partial charge in [0.2, 0.25) is 5.95 Å². The number of anilines is 3. The van der Waals surface area contributed by atoms with E-state index in [9.17, 15) is 0 Å². The normalized spacial score (nSPS) is 23.9. The van der Waals surface area contributed by atoms with Crippen molar-refractivity contribution in [3.05, 3.63) is 6.07 Å². The van der Waals surface area contributed by atoms with Crippen molar-refractivity contribution in [1.29, 1.82) is 0 Å². The molecule has 0 unspecified atom stereocenters. The highest BCUT2D eigenvalue weighted by Gasteiger charge is 2.25. The van der Waals surface area contributed by atoms with E-state index in [2.05, 4.69) is 20.8 Å². The second kappa shape index (κ2) is 8.16. The second-order valence-electron chi connectivity index (χ2n) is 8.36. The Labute approximate surface area is 162 Å². The molecule has 150 valence electrons. The van der Waals surface area contributed by atoms with E-state index in [4.69, 9.17) is 27.2 Å². The zero-order chi connectivity index (χ0) is 18.8. The minimum absolute atomic E-state index is 0.302. The van der Waals surface area contributed by atoms with Gasteiger partial charge in [0.25, 0.3) is 0 Å². The minimum atomic E-state index is 0.302. The van der Waals surface area contributed by atoms with Crippen LogP contribution in [-0.4, -0.2) is 67.4 Å². The van der Waals surface area contributed by atoms with Gasteiger partial charge in [-0.15, -0.1) is 0 Å². The molecule has 0 atom stereocenters. The summed E-state index contributed by atoms with van der Waals surface area (Å²) in [4.78, 5) is 16.9. The Kier molecular flexibility index (Phi) is 5.66. The third kappa shape index (κ3) is 4.44. The first-order chi connectivity index (χ1) is 13.1. The lowest BCUT2D eigenvalue weighted by atomic mass is 10.1. The summed E-state index contributed by atoms with van der Waals surface area (Å²) < 4.78 is 0. The number of piperidine rings is 3. The molecule has 0 spiro atoms. The molecular formula is C19H34N8. The molecular weight excluding hydrogens is 340 g/mol. The Balaban J connectivity index is 1.59. The van der Waals surface area contributed by atoms with E-state index in [0.717, 1.165) is 95.4 Å². The molecule has 4 rings (SSSR count). The van der Waals surface area contributed by atoms with Crippen molar-refractivity contribution in [2.45, 2.75) is 56.7 Å². The number of nitrogens with zero attached hydrogens (tertiary/aromatic N) is 5. The van der Waals surface area contributed by atoms with Crippen LogP contribution >= 0.6 is 0 Å². The van der Waals surface area contributed by atoms with E-state index < -0.39 is 0 Å². The molecule has 3 aliphatic rings. The lowest BCUT2D eigenvalue weighted by Crippen LogP contribution is -2.43. The lowest BCUT2D eigenvalue weighted by Gasteiger charge is -2.36. The van der Waals surface area contributed by atoms with Gasteiger partial charge in [-0.1, -0.05) is 0 Å². The molecule has 8 nitrogen and oxygen atoms in total. The maximum absolute atomic E-state index is 6.10. The third-order valence-corrected chi connectivity index (χ3v) is 6.24. The molecule has 0 amide bonds. The van der Waals surface area contributed by atoms with E-state index >= 15 is 0 Å². The summed E-state index contributed by atoms with van der Waals surface area (Å²) in [7, 11) is 0. The van der Waals surface area contributed by atoms with E-state index in [-0.39, 0.29) is 0 Å². The number of nitrogens with two attached hydrogens (primary N) is 3. The SMILES string of the molecule is NC1CCN(c2cc(N3CCC(N)CC3)nc(N3CCC(N)CC3)n2)CC1. The lowest BCUT2D eigenvalue weighted by molar-refractivity contribution is 0.487. The van der Waals surface area contributed by atoms with Crippen molar-refractivity contribution >= 4 is 17.6 Å². The Bertz CT molecular complexity index is 516. The highest BCUT2D eigenvalue weighted by Crippen LogP contribution is 2.28. The van der Waals surface area contributed by atoms with Crippen LogP contribution in [0.3, 0.4) is 0 Å². The molecule has 0 saturated carbocycles. The molecule has 6 N–H and O–H groups in total. The fourth-order valence-corrected chi connectivity index (χ4v) is 4.23. The van der Waals surface area contributed by atoms with E-state index in [1.54, 1.807) is 0 Å². The largest absolute Gasteiger partial charge is 0.356 e. The maximum Gasteiger partial charge on any atom is 0.229 e. The number of hydrogen-bond donors (Lipinski definition) is 3. The van der Waals surface area contributed by atoms with Gasteiger partial charge in [0.05, 0.1) is 0 Å². The summed E-state index contributed by atoms with van der Waals surface area (Å²) >= 11 is 0. The van der Waals surface area contributed by atoms with Crippen molar-refractivity contribution in [1.82, 2.24) is 9.97 Å². The standard InChI is InChI=1S/C19H34N8/c20-14-1-7-25(8-2-14)17-13-18(26-9-3-15(21)4-10-26)24-19(23-17)27-11-5-16(22)6-12-27/h13-16H,1-12,20-22H2. The monoisotopic (exact) mass is 374 g/mol. The second-order valence-corrected chi connectivity index (χ2v) is 8.36. The van der Waals surface area contributed by atoms with E-state index in [1.807, 2.05) is 0 Å². The molecule has 3 fully saturated rings. The average molecular weight is 375 g/mol. The van der Waals surface area contributed by atoms with Crippen LogP contribution in [0.25, 0.3) is 0 Å². The first-order valence-corrected chi connectivity index (χ1v) is 10.5. The van der Waals surface area contributed by atoms with Crippen LogP contribution < -0.4 is 31.9 Å². The van der Waals surface area contributed by atoms with Crippen molar-refractivity contribution < 1.29 is 0 Å². The predicted molar refractivity (Wildman–Crippen MR) is 110 cm³/mol. The molecule has 0 aromatic carbocycles. The van der Waals surface area contributed by atoms with Crippen LogP contribution in [0.2, 0.25) is 0 Å². The van der Waals surface area contributed by atoms with Gasteiger partial charge >= 0.3 is 0 Å². The molecule has 8 heteroatoms. The van der Waals surface area contributed by atoms with Gasteiger partial charge in [0, 0.05) is 63.5 Å². The van der Waals surface area contributed by atoms with Crippen LogP contribution in [0.15, 0.2) is 6.07 Å². The van der Waals surface area contributed by atoms with Gasteiger partial charge in [-0.2, -0.15) is 9.97 Å². The molecule has 3 aliphatic heterocycles. The first-order valence-electron chi connectivity index (χ1n) is 10.5. The predicted octanol–water partition coefficient (Wildman–Crippen LogP) is 0.259. The first kappa shape index (κ1) is 18.7. The van der Waals surface area contributed by atoms with Gasteiger partial charge in [-0.05, 0) is 38.5 Å². The van der Waals surface area contributed by atoms with Crippen LogP contribution in [0, 0.1) is 0 Å². The summed E-state index contributed by atoms with van der Waals surface area (Å²) in [6.45, 7) is 5.72. The van der Waals surface area contributed by atoms with Gasteiger partial charge in [-0.25, -0.2) is 0 Å². The van der Waals surface area contributed by atoms with Crippen LogP contribution in [-0.2, 0) is 0 Å². The molecule has 0 radical (unpaired) electrons. The summed E-state index contributed by atoms with van der Waals surface area (Å²) in [6, 6.07) is 3.09. The zero-order valence-electron chi connectivity index (χ0n) is 16.3. The average Bonchev–Trinajstić information content (AvgIpc) is 2.69. The number of hydrogen-bond acceptors (Lipinski definition) is 8. The van der Waals surface area contributed by atoms with Crippen LogP contribution in [0.1, 0.15) is 38.5 Å². The van der Waals surface area contributed by atoms with Crippen molar-refractivity contribution in [3.8, 4) is 0 Å². The van der Waals surface area contributed by atoms with Crippen molar-refractivity contribution in [3.63, 3.8) is 0 Å². The number of aromatic nitrogens is 2. The summed E-state index contributed by atoms with van der Waals surface area (Å²) in [5.41, 5.74) is 18.3. The highest BCUT2D eigenvalue weighted by atomic mass is 15.3. The molecule has 0 aliphatic carbocycles.